The maximum Gasteiger partial charge on any atom is 0.240 e. The van der Waals surface area contributed by atoms with Crippen molar-refractivity contribution in [3.05, 3.63) is 35.4 Å². The van der Waals surface area contributed by atoms with Crippen LogP contribution >= 0.6 is 0 Å². The molecule has 2 heterocycles. The number of likely N-dealkylation sites (N-methyl/N-ethyl adjacent to an activating group) is 1. The van der Waals surface area contributed by atoms with Gasteiger partial charge in [0.25, 0.3) is 0 Å². The van der Waals surface area contributed by atoms with E-state index in [2.05, 4.69) is 10.2 Å². The number of likely N-dealkylation sites (tertiary alicyclic amines) is 1. The van der Waals surface area contributed by atoms with E-state index in [0.717, 1.165) is 25.1 Å². The number of halogens is 2. The molecule has 2 fully saturated rings. The molecule has 1 spiro atoms. The molecule has 0 aromatic heterocycles. The van der Waals surface area contributed by atoms with Gasteiger partial charge in [-0.2, -0.15) is 0 Å². The Balaban J connectivity index is 1.56. The van der Waals surface area contributed by atoms with Crippen molar-refractivity contribution >= 4 is 11.8 Å². The van der Waals surface area contributed by atoms with Crippen LogP contribution in [0, 0.1) is 11.6 Å². The number of nitrogens with zero attached hydrogens (tertiary/aromatic N) is 2. The number of carbonyl (C=O) groups excluding carboxylic acids is 2. The van der Waals surface area contributed by atoms with E-state index in [1.807, 2.05) is 7.05 Å². The van der Waals surface area contributed by atoms with Crippen molar-refractivity contribution in [2.75, 3.05) is 33.2 Å². The van der Waals surface area contributed by atoms with Crippen molar-refractivity contribution in [3.8, 4) is 0 Å². The third kappa shape index (κ3) is 3.72. The van der Waals surface area contributed by atoms with E-state index in [9.17, 15) is 18.4 Å². The Hall–Kier alpha value is -2.02. The van der Waals surface area contributed by atoms with Gasteiger partial charge in [-0.3, -0.25) is 14.5 Å². The number of amides is 2. The molecule has 0 aliphatic carbocycles. The average Bonchev–Trinajstić information content (AvgIpc) is 2.77. The molecule has 2 amide bonds. The summed E-state index contributed by atoms with van der Waals surface area (Å²) in [5.74, 6) is -1.72. The molecule has 7 heteroatoms. The summed E-state index contributed by atoms with van der Waals surface area (Å²) in [5.41, 5.74) is 0.0847. The van der Waals surface area contributed by atoms with Crippen LogP contribution in [0.3, 0.4) is 0 Å². The number of rotatable bonds is 3. The van der Waals surface area contributed by atoms with Gasteiger partial charge in [0.15, 0.2) is 11.6 Å². The molecule has 0 bridgehead atoms. The first kappa shape index (κ1) is 18.8. The van der Waals surface area contributed by atoms with Gasteiger partial charge in [0.2, 0.25) is 11.8 Å². The van der Waals surface area contributed by atoms with Crippen molar-refractivity contribution < 1.29 is 18.4 Å². The smallest absolute Gasteiger partial charge is 0.240 e. The number of benzene rings is 1. The van der Waals surface area contributed by atoms with E-state index >= 15 is 0 Å². The lowest BCUT2D eigenvalue weighted by Gasteiger charge is -2.45. The van der Waals surface area contributed by atoms with E-state index < -0.39 is 17.2 Å². The summed E-state index contributed by atoms with van der Waals surface area (Å²) in [4.78, 5) is 28.9. The summed E-state index contributed by atoms with van der Waals surface area (Å²) in [5, 5.41) is 2.99. The normalized spacial score (nSPS) is 20.7. The Morgan fingerprint density at radius 2 is 1.92 bits per heavy atom. The zero-order chi connectivity index (χ0) is 18.7. The van der Waals surface area contributed by atoms with Crippen LogP contribution in [0.1, 0.15) is 31.2 Å². The maximum absolute atomic E-state index is 13.3. The molecule has 0 atom stereocenters. The highest BCUT2D eigenvalue weighted by atomic mass is 19.2. The van der Waals surface area contributed by atoms with Crippen LogP contribution in [0.2, 0.25) is 0 Å². The molecule has 2 saturated heterocycles. The van der Waals surface area contributed by atoms with E-state index in [1.54, 1.807) is 4.90 Å². The van der Waals surface area contributed by atoms with Crippen LogP contribution in [-0.2, 0) is 16.0 Å². The molecule has 2 aliphatic rings. The molecule has 2 aliphatic heterocycles. The molecule has 0 saturated carbocycles. The van der Waals surface area contributed by atoms with Crippen molar-refractivity contribution in [2.24, 2.45) is 0 Å². The molecule has 1 aromatic carbocycles. The zero-order valence-electron chi connectivity index (χ0n) is 15.1. The second kappa shape index (κ2) is 7.70. The predicted octanol–water partition coefficient (Wildman–Crippen LogP) is 1.71. The molecule has 142 valence electrons. The van der Waals surface area contributed by atoms with E-state index in [-0.39, 0.29) is 18.2 Å². The summed E-state index contributed by atoms with van der Waals surface area (Å²) in [7, 11) is 1.98. The number of carbonyl (C=O) groups is 2. The van der Waals surface area contributed by atoms with Gasteiger partial charge in [-0.1, -0.05) is 6.07 Å². The van der Waals surface area contributed by atoms with Gasteiger partial charge in [-0.05, 0) is 50.4 Å². The standard InChI is InChI=1S/C19H25F2N3O2/c1-23-10-2-9-22-18(26)19(23)7-11-24(12-8-19)17(25)6-4-14-3-5-15(20)16(21)13-14/h3,5,13H,2,4,6-12H2,1H3,(H,22,26). The maximum atomic E-state index is 13.3. The van der Waals surface area contributed by atoms with E-state index in [4.69, 9.17) is 0 Å². The molecule has 3 rings (SSSR count). The summed E-state index contributed by atoms with van der Waals surface area (Å²) < 4.78 is 26.2. The van der Waals surface area contributed by atoms with Gasteiger partial charge in [-0.25, -0.2) is 8.78 Å². The van der Waals surface area contributed by atoms with Crippen molar-refractivity contribution in [1.29, 1.82) is 0 Å². The Bertz CT molecular complexity index is 687. The lowest BCUT2D eigenvalue weighted by atomic mass is 9.85. The molecule has 1 N–H and O–H groups in total. The highest BCUT2D eigenvalue weighted by Crippen LogP contribution is 2.30. The zero-order valence-corrected chi connectivity index (χ0v) is 15.1. The average molecular weight is 365 g/mol. The summed E-state index contributed by atoms with van der Waals surface area (Å²) in [6, 6.07) is 3.72. The highest BCUT2D eigenvalue weighted by molar-refractivity contribution is 5.87. The minimum atomic E-state index is -0.891. The lowest BCUT2D eigenvalue weighted by molar-refractivity contribution is -0.141. The van der Waals surface area contributed by atoms with Crippen LogP contribution < -0.4 is 5.32 Å². The van der Waals surface area contributed by atoms with Gasteiger partial charge in [-0.15, -0.1) is 0 Å². The number of aryl methyl sites for hydroxylation is 1. The molecule has 0 unspecified atom stereocenters. The lowest BCUT2D eigenvalue weighted by Crippen LogP contribution is -2.61. The largest absolute Gasteiger partial charge is 0.354 e. The summed E-state index contributed by atoms with van der Waals surface area (Å²) in [6.07, 6.45) is 2.79. The fraction of sp³-hybridized carbons (Fsp3) is 0.579. The quantitative estimate of drug-likeness (QED) is 0.887. The molecule has 1 aromatic rings. The van der Waals surface area contributed by atoms with Gasteiger partial charge >= 0.3 is 0 Å². The Morgan fingerprint density at radius 1 is 1.19 bits per heavy atom. The van der Waals surface area contributed by atoms with Gasteiger partial charge < -0.3 is 10.2 Å². The van der Waals surface area contributed by atoms with Gasteiger partial charge in [0.05, 0.1) is 0 Å². The molecule has 0 radical (unpaired) electrons. The molecule has 26 heavy (non-hydrogen) atoms. The number of hydrogen-bond acceptors (Lipinski definition) is 3. The van der Waals surface area contributed by atoms with Crippen molar-refractivity contribution in [3.63, 3.8) is 0 Å². The Kier molecular flexibility index (Phi) is 5.55. The first-order chi connectivity index (χ1) is 12.4. The second-order valence-electron chi connectivity index (χ2n) is 7.19. The van der Waals surface area contributed by atoms with Crippen LogP contribution in [0.15, 0.2) is 18.2 Å². The fourth-order valence-corrected chi connectivity index (χ4v) is 3.91. The van der Waals surface area contributed by atoms with Gasteiger partial charge in [0.1, 0.15) is 5.54 Å². The summed E-state index contributed by atoms with van der Waals surface area (Å²) >= 11 is 0. The van der Waals surface area contributed by atoms with Gasteiger partial charge in [0, 0.05) is 32.6 Å². The van der Waals surface area contributed by atoms with Crippen LogP contribution in [0.25, 0.3) is 0 Å². The van der Waals surface area contributed by atoms with Crippen LogP contribution in [0.5, 0.6) is 0 Å². The SMILES string of the molecule is CN1CCCNC(=O)C12CCN(C(=O)CCc1ccc(F)c(F)c1)CC2. The third-order valence-electron chi connectivity index (χ3n) is 5.66. The second-order valence-corrected chi connectivity index (χ2v) is 7.19. The van der Waals surface area contributed by atoms with Crippen molar-refractivity contribution in [1.82, 2.24) is 15.1 Å². The monoisotopic (exact) mass is 365 g/mol. The topological polar surface area (TPSA) is 52.7 Å². The Labute approximate surface area is 152 Å². The first-order valence-corrected chi connectivity index (χ1v) is 9.14. The van der Waals surface area contributed by atoms with Crippen LogP contribution in [-0.4, -0.2) is 60.4 Å². The number of hydrogen-bond donors (Lipinski definition) is 1. The molecular weight excluding hydrogens is 340 g/mol. The first-order valence-electron chi connectivity index (χ1n) is 9.14. The van der Waals surface area contributed by atoms with E-state index in [0.29, 0.717) is 44.5 Å². The third-order valence-corrected chi connectivity index (χ3v) is 5.66. The Morgan fingerprint density at radius 3 is 2.62 bits per heavy atom. The minimum Gasteiger partial charge on any atom is -0.354 e. The molecular formula is C19H25F2N3O2. The number of piperidine rings is 1. The van der Waals surface area contributed by atoms with Crippen molar-refractivity contribution in [2.45, 2.75) is 37.6 Å². The highest BCUT2D eigenvalue weighted by Gasteiger charge is 2.45. The fourth-order valence-electron chi connectivity index (χ4n) is 3.91. The number of nitrogens with one attached hydrogen (secondary N) is 1. The summed E-state index contributed by atoms with van der Waals surface area (Å²) in [6.45, 7) is 2.63. The van der Waals surface area contributed by atoms with E-state index in [1.165, 1.54) is 6.07 Å². The van der Waals surface area contributed by atoms with Crippen LogP contribution in [0.4, 0.5) is 8.78 Å². The predicted molar refractivity (Wildman–Crippen MR) is 93.5 cm³/mol. The molecule has 5 nitrogen and oxygen atoms in total. The minimum absolute atomic E-state index is 0.0127.